The highest BCUT2D eigenvalue weighted by atomic mass is 35.5. The molecule has 1 aliphatic rings. The largest absolute Gasteiger partial charge is 0.497 e. The lowest BCUT2D eigenvalue weighted by molar-refractivity contribution is -0.134. The summed E-state index contributed by atoms with van der Waals surface area (Å²) in [6, 6.07) is 10.7. The number of esters is 1. The minimum absolute atomic E-state index is 0.0981. The van der Waals surface area contributed by atoms with E-state index in [1.54, 1.807) is 19.2 Å². The van der Waals surface area contributed by atoms with Gasteiger partial charge in [0, 0.05) is 16.7 Å². The topological polar surface area (TPSA) is 61.8 Å². The zero-order valence-electron chi connectivity index (χ0n) is 14.3. The molecule has 1 atom stereocenters. The lowest BCUT2D eigenvalue weighted by atomic mass is 9.92. The highest BCUT2D eigenvalue weighted by molar-refractivity contribution is 6.33. The van der Waals surface area contributed by atoms with Crippen LogP contribution in [-0.4, -0.2) is 26.0 Å². The molecule has 0 bridgehead atoms. The number of halogens is 1. The molecule has 134 valence electrons. The molecule has 26 heavy (non-hydrogen) atoms. The normalized spacial score (nSPS) is 16.1. The molecular weight excluding hydrogens is 356 g/mol. The Kier molecular flexibility index (Phi) is 5.28. The Hall–Kier alpha value is -2.79. The number of fused-ring (bicyclic) bond motifs is 1. The van der Waals surface area contributed by atoms with Crippen molar-refractivity contribution in [2.45, 2.75) is 12.5 Å². The van der Waals surface area contributed by atoms with Gasteiger partial charge in [-0.25, -0.2) is 4.79 Å². The molecule has 0 saturated heterocycles. The Bertz CT molecular complexity index is 871. The van der Waals surface area contributed by atoms with Crippen molar-refractivity contribution in [1.82, 2.24) is 0 Å². The standard InChI is InChI=1S/C20H17ClO5/c1-24-13-5-3-12(4-6-13)18-11-16(22)20-14(7-10-19(23)25-2)15(21)8-9-17(20)26-18/h3-10,18H,11H2,1-2H3/b10-7+. The van der Waals surface area contributed by atoms with Crippen LogP contribution in [0.4, 0.5) is 0 Å². The van der Waals surface area contributed by atoms with Gasteiger partial charge in [-0.2, -0.15) is 0 Å². The third-order valence-corrected chi connectivity index (χ3v) is 4.48. The van der Waals surface area contributed by atoms with E-state index in [2.05, 4.69) is 4.74 Å². The fourth-order valence-corrected chi connectivity index (χ4v) is 3.03. The molecule has 0 fully saturated rings. The average molecular weight is 373 g/mol. The van der Waals surface area contributed by atoms with Crippen LogP contribution in [-0.2, 0) is 9.53 Å². The van der Waals surface area contributed by atoms with Crippen LogP contribution in [0.1, 0.15) is 34.0 Å². The molecule has 0 radical (unpaired) electrons. The van der Waals surface area contributed by atoms with Crippen LogP contribution in [0.5, 0.6) is 11.5 Å². The Balaban J connectivity index is 1.94. The zero-order valence-corrected chi connectivity index (χ0v) is 15.1. The maximum Gasteiger partial charge on any atom is 0.330 e. The second-order valence-electron chi connectivity index (χ2n) is 5.70. The Morgan fingerprint density at radius 2 is 1.92 bits per heavy atom. The number of carbonyl (C=O) groups is 2. The molecule has 5 nitrogen and oxygen atoms in total. The first-order chi connectivity index (χ1) is 12.5. The van der Waals surface area contributed by atoms with E-state index in [0.717, 1.165) is 11.3 Å². The van der Waals surface area contributed by atoms with Crippen molar-refractivity contribution < 1.29 is 23.8 Å². The maximum absolute atomic E-state index is 12.8. The minimum Gasteiger partial charge on any atom is -0.497 e. The number of Topliss-reactive ketones (excluding diaryl/α,β-unsaturated/α-hetero) is 1. The third kappa shape index (κ3) is 3.58. The van der Waals surface area contributed by atoms with Gasteiger partial charge in [0.05, 0.1) is 26.2 Å². The summed E-state index contributed by atoms with van der Waals surface area (Å²) in [5, 5.41) is 0.365. The SMILES string of the molecule is COC(=O)/C=C/c1c(Cl)ccc2c1C(=O)CC(c1ccc(OC)cc1)O2. The molecule has 1 unspecified atom stereocenters. The summed E-state index contributed by atoms with van der Waals surface area (Å²) in [5.74, 6) is 0.548. The van der Waals surface area contributed by atoms with E-state index < -0.39 is 5.97 Å². The first-order valence-corrected chi connectivity index (χ1v) is 8.33. The van der Waals surface area contributed by atoms with Crippen LogP contribution in [0.3, 0.4) is 0 Å². The molecule has 0 aliphatic carbocycles. The monoisotopic (exact) mass is 372 g/mol. The minimum atomic E-state index is -0.529. The number of carbonyl (C=O) groups excluding carboxylic acids is 2. The van der Waals surface area contributed by atoms with Gasteiger partial charge < -0.3 is 14.2 Å². The highest BCUT2D eigenvalue weighted by Crippen LogP contribution is 2.39. The average Bonchev–Trinajstić information content (AvgIpc) is 2.67. The molecule has 2 aromatic carbocycles. The number of methoxy groups -OCH3 is 2. The lowest BCUT2D eigenvalue weighted by Gasteiger charge is -2.27. The van der Waals surface area contributed by atoms with E-state index in [1.807, 2.05) is 24.3 Å². The summed E-state index contributed by atoms with van der Waals surface area (Å²) in [6.45, 7) is 0. The summed E-state index contributed by atoms with van der Waals surface area (Å²) in [7, 11) is 2.88. The van der Waals surface area contributed by atoms with E-state index in [0.29, 0.717) is 21.9 Å². The van der Waals surface area contributed by atoms with Crippen molar-refractivity contribution in [2.24, 2.45) is 0 Å². The van der Waals surface area contributed by atoms with Crippen molar-refractivity contribution in [1.29, 1.82) is 0 Å². The molecule has 1 aliphatic heterocycles. The predicted molar refractivity (Wildman–Crippen MR) is 97.8 cm³/mol. The van der Waals surface area contributed by atoms with Crippen LogP contribution in [0.2, 0.25) is 5.02 Å². The lowest BCUT2D eigenvalue weighted by Crippen LogP contribution is -2.21. The van der Waals surface area contributed by atoms with Crippen molar-refractivity contribution in [2.75, 3.05) is 14.2 Å². The number of hydrogen-bond acceptors (Lipinski definition) is 5. The molecule has 0 N–H and O–H groups in total. The number of ether oxygens (including phenoxy) is 3. The zero-order chi connectivity index (χ0) is 18.7. The number of ketones is 1. The quantitative estimate of drug-likeness (QED) is 0.593. The maximum atomic E-state index is 12.8. The summed E-state index contributed by atoms with van der Waals surface area (Å²) < 4.78 is 15.8. The Morgan fingerprint density at radius 1 is 1.19 bits per heavy atom. The first-order valence-electron chi connectivity index (χ1n) is 7.96. The van der Waals surface area contributed by atoms with Gasteiger partial charge in [0.2, 0.25) is 0 Å². The molecule has 6 heteroatoms. The fourth-order valence-electron chi connectivity index (χ4n) is 2.81. The molecule has 0 saturated carbocycles. The summed E-state index contributed by atoms with van der Waals surface area (Å²) in [6.07, 6.45) is 2.49. The second kappa shape index (κ2) is 7.62. The number of hydrogen-bond donors (Lipinski definition) is 0. The molecule has 1 heterocycles. The Morgan fingerprint density at radius 3 is 2.58 bits per heavy atom. The molecule has 0 aromatic heterocycles. The van der Waals surface area contributed by atoms with Crippen LogP contribution in [0.15, 0.2) is 42.5 Å². The molecule has 0 amide bonds. The highest BCUT2D eigenvalue weighted by Gasteiger charge is 2.30. The van der Waals surface area contributed by atoms with Gasteiger partial charge in [-0.1, -0.05) is 23.7 Å². The van der Waals surface area contributed by atoms with Gasteiger partial charge in [0.1, 0.15) is 17.6 Å². The smallest absolute Gasteiger partial charge is 0.330 e. The molecule has 3 rings (SSSR count). The van der Waals surface area contributed by atoms with Gasteiger partial charge in [-0.05, 0) is 35.9 Å². The number of benzene rings is 2. The van der Waals surface area contributed by atoms with Crippen LogP contribution in [0, 0.1) is 0 Å². The summed E-state index contributed by atoms with van der Waals surface area (Å²) in [4.78, 5) is 24.1. The van der Waals surface area contributed by atoms with Crippen molar-refractivity contribution in [3.63, 3.8) is 0 Å². The molecular formula is C20H17ClO5. The molecule has 0 spiro atoms. The summed E-state index contributed by atoms with van der Waals surface area (Å²) in [5.41, 5.74) is 1.71. The van der Waals surface area contributed by atoms with E-state index in [4.69, 9.17) is 21.1 Å². The Labute approximate surface area is 156 Å². The van der Waals surface area contributed by atoms with Gasteiger partial charge in [-0.3, -0.25) is 4.79 Å². The van der Waals surface area contributed by atoms with E-state index in [-0.39, 0.29) is 18.3 Å². The van der Waals surface area contributed by atoms with E-state index >= 15 is 0 Å². The summed E-state index contributed by atoms with van der Waals surface area (Å²) >= 11 is 6.21. The van der Waals surface area contributed by atoms with E-state index in [1.165, 1.54) is 19.3 Å². The van der Waals surface area contributed by atoms with Crippen molar-refractivity contribution >= 4 is 29.4 Å². The van der Waals surface area contributed by atoms with Crippen molar-refractivity contribution in [3.8, 4) is 11.5 Å². The fraction of sp³-hybridized carbons (Fsp3) is 0.200. The van der Waals surface area contributed by atoms with Crippen molar-refractivity contribution in [3.05, 3.63) is 64.2 Å². The third-order valence-electron chi connectivity index (χ3n) is 4.15. The first kappa shape index (κ1) is 18.0. The van der Waals surface area contributed by atoms with Crippen LogP contribution < -0.4 is 9.47 Å². The van der Waals surface area contributed by atoms with Gasteiger partial charge in [0.15, 0.2) is 5.78 Å². The number of rotatable bonds is 4. The van der Waals surface area contributed by atoms with Crippen LogP contribution in [0.25, 0.3) is 6.08 Å². The van der Waals surface area contributed by atoms with Gasteiger partial charge in [-0.15, -0.1) is 0 Å². The molecule has 2 aromatic rings. The second-order valence-corrected chi connectivity index (χ2v) is 6.10. The van der Waals surface area contributed by atoms with E-state index in [9.17, 15) is 9.59 Å². The predicted octanol–water partition coefficient (Wildman–Crippen LogP) is 4.24. The van der Waals surface area contributed by atoms with Crippen LogP contribution >= 0.6 is 11.6 Å². The van der Waals surface area contributed by atoms with Gasteiger partial charge in [0.25, 0.3) is 0 Å². The van der Waals surface area contributed by atoms with Gasteiger partial charge >= 0.3 is 5.97 Å².